The van der Waals surface area contributed by atoms with Crippen LogP contribution in [0.1, 0.15) is 39.5 Å². The van der Waals surface area contributed by atoms with E-state index < -0.39 is 0 Å². The van der Waals surface area contributed by atoms with Crippen LogP contribution in [0, 0.1) is 17.3 Å². The summed E-state index contributed by atoms with van der Waals surface area (Å²) in [6.07, 6.45) is 4.83. The van der Waals surface area contributed by atoms with Gasteiger partial charge in [-0.2, -0.15) is 0 Å². The van der Waals surface area contributed by atoms with E-state index in [2.05, 4.69) is 29.5 Å². The first-order chi connectivity index (χ1) is 12.1. The average molecular weight is 354 g/mol. The van der Waals surface area contributed by atoms with E-state index in [4.69, 9.17) is 14.2 Å². The number of hydrogen-bond donors (Lipinski definition) is 2. The Labute approximate surface area is 152 Å². The zero-order chi connectivity index (χ0) is 17.7. The molecule has 0 amide bonds. The van der Waals surface area contributed by atoms with Gasteiger partial charge >= 0.3 is 0 Å². The van der Waals surface area contributed by atoms with Crippen LogP contribution in [0.2, 0.25) is 0 Å². The summed E-state index contributed by atoms with van der Waals surface area (Å²) in [5.74, 6) is 2.20. The molecule has 6 heteroatoms. The normalized spacial score (nSPS) is 32.1. The number of aliphatic imine (C=N–C) groups is 1. The number of nitrogens with one attached hydrogen (secondary N) is 2. The van der Waals surface area contributed by atoms with Crippen molar-refractivity contribution in [2.75, 3.05) is 46.6 Å². The maximum absolute atomic E-state index is 5.86. The Morgan fingerprint density at radius 3 is 2.76 bits per heavy atom. The third kappa shape index (κ3) is 4.47. The zero-order valence-electron chi connectivity index (χ0n) is 16.1. The van der Waals surface area contributed by atoms with E-state index in [9.17, 15) is 0 Å². The van der Waals surface area contributed by atoms with Crippen molar-refractivity contribution in [3.63, 3.8) is 0 Å². The summed E-state index contributed by atoms with van der Waals surface area (Å²) in [7, 11) is 1.84. The van der Waals surface area contributed by atoms with Gasteiger partial charge in [0, 0.05) is 64.0 Å². The second-order valence-electron chi connectivity index (χ2n) is 8.17. The third-order valence-electron chi connectivity index (χ3n) is 6.07. The molecular formula is C19H35N3O3. The van der Waals surface area contributed by atoms with Crippen molar-refractivity contribution in [2.45, 2.75) is 51.7 Å². The van der Waals surface area contributed by atoms with Gasteiger partial charge in [-0.3, -0.25) is 4.99 Å². The fourth-order valence-electron chi connectivity index (χ4n) is 4.50. The van der Waals surface area contributed by atoms with Crippen molar-refractivity contribution in [1.29, 1.82) is 0 Å². The highest BCUT2D eigenvalue weighted by Gasteiger charge is 2.59. The van der Waals surface area contributed by atoms with Crippen LogP contribution in [0.3, 0.4) is 0 Å². The Morgan fingerprint density at radius 2 is 2.00 bits per heavy atom. The molecule has 3 rings (SSSR count). The summed E-state index contributed by atoms with van der Waals surface area (Å²) in [6.45, 7) is 9.80. The zero-order valence-corrected chi connectivity index (χ0v) is 16.1. The van der Waals surface area contributed by atoms with Crippen LogP contribution in [-0.4, -0.2) is 64.7 Å². The molecule has 0 radical (unpaired) electrons. The first-order valence-corrected chi connectivity index (χ1v) is 9.87. The van der Waals surface area contributed by atoms with Crippen LogP contribution in [-0.2, 0) is 14.2 Å². The van der Waals surface area contributed by atoms with Gasteiger partial charge in [-0.15, -0.1) is 0 Å². The molecule has 25 heavy (non-hydrogen) atoms. The molecule has 2 N–H and O–H groups in total. The Kier molecular flexibility index (Phi) is 6.58. The van der Waals surface area contributed by atoms with Crippen molar-refractivity contribution in [2.24, 2.45) is 22.2 Å². The smallest absolute Gasteiger partial charge is 0.191 e. The number of fused-ring (bicyclic) bond motifs is 1. The Hall–Kier alpha value is -0.850. The van der Waals surface area contributed by atoms with Gasteiger partial charge < -0.3 is 24.8 Å². The average Bonchev–Trinajstić information content (AvgIpc) is 3.08. The molecule has 3 fully saturated rings. The molecule has 0 bridgehead atoms. The first-order valence-electron chi connectivity index (χ1n) is 9.87. The highest BCUT2D eigenvalue weighted by Crippen LogP contribution is 2.52. The Bertz CT molecular complexity index is 449. The molecule has 0 aromatic carbocycles. The van der Waals surface area contributed by atoms with Gasteiger partial charge in [0.05, 0.1) is 6.10 Å². The summed E-state index contributed by atoms with van der Waals surface area (Å²) in [5.41, 5.74) is 0.172. The molecular weight excluding hydrogens is 318 g/mol. The molecule has 6 nitrogen and oxygen atoms in total. The minimum atomic E-state index is 0.172. The number of nitrogens with zero attached hydrogens (tertiary/aromatic N) is 1. The molecule has 0 aromatic heterocycles. The van der Waals surface area contributed by atoms with Gasteiger partial charge in [-0.05, 0) is 31.6 Å². The molecule has 3 unspecified atom stereocenters. The lowest BCUT2D eigenvalue weighted by Gasteiger charge is -2.54. The fourth-order valence-corrected chi connectivity index (χ4v) is 4.50. The van der Waals surface area contributed by atoms with E-state index in [1.165, 1.54) is 0 Å². The van der Waals surface area contributed by atoms with E-state index in [-0.39, 0.29) is 5.41 Å². The highest BCUT2D eigenvalue weighted by atomic mass is 16.5. The molecule has 0 aromatic rings. The first kappa shape index (κ1) is 18.9. The number of guanidine groups is 1. The van der Waals surface area contributed by atoms with Crippen molar-refractivity contribution >= 4 is 5.96 Å². The molecule has 2 aliphatic heterocycles. The topological polar surface area (TPSA) is 64.1 Å². The lowest BCUT2D eigenvalue weighted by molar-refractivity contribution is -0.106. The predicted octanol–water partition coefficient (Wildman–Crippen LogP) is 1.80. The molecule has 3 atom stereocenters. The van der Waals surface area contributed by atoms with Gasteiger partial charge in [0.2, 0.25) is 0 Å². The lowest BCUT2D eigenvalue weighted by Crippen LogP contribution is -2.68. The van der Waals surface area contributed by atoms with E-state index in [1.54, 1.807) is 0 Å². The molecule has 2 saturated heterocycles. The summed E-state index contributed by atoms with van der Waals surface area (Å²) >= 11 is 0. The van der Waals surface area contributed by atoms with E-state index in [0.717, 1.165) is 71.2 Å². The molecule has 3 aliphatic rings. The maximum atomic E-state index is 5.86. The molecule has 144 valence electrons. The van der Waals surface area contributed by atoms with Crippen molar-refractivity contribution < 1.29 is 14.2 Å². The lowest BCUT2D eigenvalue weighted by atomic mass is 9.57. The van der Waals surface area contributed by atoms with Crippen LogP contribution in [0.15, 0.2) is 4.99 Å². The predicted molar refractivity (Wildman–Crippen MR) is 98.9 cm³/mol. The molecule has 1 aliphatic carbocycles. The van der Waals surface area contributed by atoms with Crippen LogP contribution >= 0.6 is 0 Å². The second-order valence-corrected chi connectivity index (χ2v) is 8.17. The standard InChI is InChI=1S/C19H35N3O3/c1-19(2)16(15-7-12-25-17(15)19)22-18(20-3)21-8-4-9-24-13-14-5-10-23-11-6-14/h14-17H,4-13H2,1-3H3,(H2,20,21,22). The number of ether oxygens (including phenoxy) is 3. The third-order valence-corrected chi connectivity index (χ3v) is 6.07. The summed E-state index contributed by atoms with van der Waals surface area (Å²) in [6, 6.07) is 0.441. The second kappa shape index (κ2) is 8.69. The van der Waals surface area contributed by atoms with Crippen molar-refractivity contribution in [1.82, 2.24) is 10.6 Å². The van der Waals surface area contributed by atoms with E-state index in [1.807, 2.05) is 7.05 Å². The maximum Gasteiger partial charge on any atom is 0.191 e. The van der Waals surface area contributed by atoms with Crippen LogP contribution in [0.5, 0.6) is 0 Å². The van der Waals surface area contributed by atoms with Gasteiger partial charge in [0.25, 0.3) is 0 Å². The number of rotatable bonds is 7. The number of hydrogen-bond acceptors (Lipinski definition) is 4. The minimum absolute atomic E-state index is 0.172. The van der Waals surface area contributed by atoms with Crippen LogP contribution in [0.4, 0.5) is 0 Å². The SMILES string of the molecule is CN=C(NCCCOCC1CCOCC1)NC1C2CCOC2C1(C)C. The quantitative estimate of drug-likeness (QED) is 0.415. The molecule has 2 heterocycles. The van der Waals surface area contributed by atoms with Crippen molar-refractivity contribution in [3.8, 4) is 0 Å². The van der Waals surface area contributed by atoms with Crippen LogP contribution in [0.25, 0.3) is 0 Å². The van der Waals surface area contributed by atoms with E-state index in [0.29, 0.717) is 24.0 Å². The Balaban J connectivity index is 1.29. The van der Waals surface area contributed by atoms with E-state index >= 15 is 0 Å². The highest BCUT2D eigenvalue weighted by molar-refractivity contribution is 5.80. The fraction of sp³-hybridized carbons (Fsp3) is 0.947. The molecule has 0 spiro atoms. The summed E-state index contributed by atoms with van der Waals surface area (Å²) < 4.78 is 17.1. The van der Waals surface area contributed by atoms with Gasteiger partial charge in [-0.25, -0.2) is 0 Å². The summed E-state index contributed by atoms with van der Waals surface area (Å²) in [4.78, 5) is 4.38. The molecule has 1 saturated carbocycles. The van der Waals surface area contributed by atoms with Gasteiger partial charge in [0.15, 0.2) is 5.96 Å². The minimum Gasteiger partial charge on any atom is -0.381 e. The van der Waals surface area contributed by atoms with Gasteiger partial charge in [-0.1, -0.05) is 13.8 Å². The van der Waals surface area contributed by atoms with Crippen molar-refractivity contribution in [3.05, 3.63) is 0 Å². The van der Waals surface area contributed by atoms with Gasteiger partial charge in [0.1, 0.15) is 0 Å². The largest absolute Gasteiger partial charge is 0.381 e. The Morgan fingerprint density at radius 1 is 1.20 bits per heavy atom. The summed E-state index contributed by atoms with van der Waals surface area (Å²) in [5, 5.41) is 7.03. The monoisotopic (exact) mass is 353 g/mol. The van der Waals surface area contributed by atoms with Crippen LogP contribution < -0.4 is 10.6 Å².